The number of nitrogens with zero attached hydrogens (tertiary/aromatic N) is 1. The molecule has 288 valence electrons. The Labute approximate surface area is 319 Å². The summed E-state index contributed by atoms with van der Waals surface area (Å²) in [5.74, 6) is 0. The van der Waals surface area contributed by atoms with E-state index in [2.05, 4.69) is 98.8 Å². The minimum Gasteiger partial charge on any atom is -0.316 e. The van der Waals surface area contributed by atoms with Crippen LogP contribution in [0.5, 0.6) is 0 Å². The Balaban J connectivity index is 1.69. The third kappa shape index (κ3) is 26.3. The van der Waals surface area contributed by atoms with Gasteiger partial charge in [-0.25, -0.2) is 0 Å². The Bertz CT molecular complexity index is 952. The van der Waals surface area contributed by atoms with Crippen molar-refractivity contribution in [3.05, 3.63) is 96.1 Å². The Morgan fingerprint density at radius 1 is 0.333 bits per heavy atom. The molecule has 0 amide bonds. The Morgan fingerprint density at radius 3 is 0.902 bits per heavy atom. The van der Waals surface area contributed by atoms with Gasteiger partial charge in [0.05, 0.1) is 13.1 Å². The lowest BCUT2D eigenvalue weighted by atomic mass is 10.0. The van der Waals surface area contributed by atoms with Crippen molar-refractivity contribution in [2.75, 3.05) is 13.1 Å². The molecule has 1 nitrogen and oxygen atoms in total. The lowest BCUT2D eigenvalue weighted by Gasteiger charge is -2.39. The van der Waals surface area contributed by atoms with Gasteiger partial charge in [0.15, 0.2) is 0 Å². The summed E-state index contributed by atoms with van der Waals surface area (Å²) in [6.07, 6.45) is 48.4. The minimum absolute atomic E-state index is 1.17. The largest absolute Gasteiger partial charge is 0.316 e. The first-order valence-electron chi connectivity index (χ1n) is 22.5. The topological polar surface area (TPSA) is 0 Å². The van der Waals surface area contributed by atoms with Crippen molar-refractivity contribution in [2.45, 2.75) is 207 Å². The van der Waals surface area contributed by atoms with Gasteiger partial charge in [0.1, 0.15) is 13.1 Å². The molecule has 2 aromatic carbocycles. The molecule has 0 unspecified atom stereocenters. The van der Waals surface area contributed by atoms with E-state index in [0.717, 1.165) is 0 Å². The summed E-state index contributed by atoms with van der Waals surface area (Å²) >= 11 is 0. The normalized spacial score (nSPS) is 12.1. The zero-order valence-electron chi connectivity index (χ0n) is 34.2. The average molecular weight is 699 g/mol. The van der Waals surface area contributed by atoms with Crippen LogP contribution >= 0.6 is 0 Å². The van der Waals surface area contributed by atoms with Gasteiger partial charge in [-0.15, -0.1) is 0 Å². The van der Waals surface area contributed by atoms with Crippen LogP contribution < -0.4 is 0 Å². The highest BCUT2D eigenvalue weighted by molar-refractivity contribution is 5.15. The summed E-state index contributed by atoms with van der Waals surface area (Å²) in [5, 5.41) is 0. The molecule has 0 aliphatic carbocycles. The van der Waals surface area contributed by atoms with Gasteiger partial charge < -0.3 is 4.48 Å². The van der Waals surface area contributed by atoms with Crippen molar-refractivity contribution in [3.63, 3.8) is 0 Å². The summed E-state index contributed by atoms with van der Waals surface area (Å²) in [7, 11) is 0. The maximum absolute atomic E-state index is 2.37. The highest BCUT2D eigenvalue weighted by Gasteiger charge is 2.27. The van der Waals surface area contributed by atoms with Crippen LogP contribution in [0.25, 0.3) is 0 Å². The molecule has 0 bridgehead atoms. The van der Waals surface area contributed by atoms with E-state index in [0.29, 0.717) is 0 Å². The third-order valence-corrected chi connectivity index (χ3v) is 11.0. The van der Waals surface area contributed by atoms with E-state index >= 15 is 0 Å². The number of hydrogen-bond acceptors (Lipinski definition) is 0. The van der Waals surface area contributed by atoms with Gasteiger partial charge in [-0.3, -0.25) is 0 Å². The van der Waals surface area contributed by atoms with E-state index in [1.165, 1.54) is 222 Å². The maximum atomic E-state index is 2.37. The van der Waals surface area contributed by atoms with Crippen molar-refractivity contribution in [1.82, 2.24) is 0 Å². The summed E-state index contributed by atoms with van der Waals surface area (Å²) in [6, 6.07) is 22.8. The molecule has 1 heteroatoms. The lowest BCUT2D eigenvalue weighted by Crippen LogP contribution is -2.48. The molecular weight excluding hydrogens is 615 g/mol. The first-order valence-corrected chi connectivity index (χ1v) is 22.5. The predicted octanol–water partition coefficient (Wildman–Crippen LogP) is 16.3. The van der Waals surface area contributed by atoms with E-state index in [9.17, 15) is 0 Å². The van der Waals surface area contributed by atoms with Crippen LogP contribution in [0.4, 0.5) is 0 Å². The number of allylic oxidation sites excluding steroid dienone is 4. The monoisotopic (exact) mass is 699 g/mol. The summed E-state index contributed by atoms with van der Waals surface area (Å²) < 4.78 is 1.22. The fraction of sp³-hybridized carbons (Fsp3) is 0.680. The molecule has 51 heavy (non-hydrogen) atoms. The van der Waals surface area contributed by atoms with Crippen molar-refractivity contribution < 1.29 is 4.48 Å². The van der Waals surface area contributed by atoms with Crippen LogP contribution in [0.1, 0.15) is 205 Å². The fourth-order valence-electron chi connectivity index (χ4n) is 7.95. The van der Waals surface area contributed by atoms with Gasteiger partial charge in [0.25, 0.3) is 0 Å². The number of hydrogen-bond donors (Lipinski definition) is 0. The van der Waals surface area contributed by atoms with Gasteiger partial charge in [-0.1, -0.05) is 214 Å². The van der Waals surface area contributed by atoms with Crippen LogP contribution in [0, 0.1) is 0 Å². The van der Waals surface area contributed by atoms with Crippen molar-refractivity contribution in [3.8, 4) is 0 Å². The van der Waals surface area contributed by atoms with Crippen LogP contribution in [0.2, 0.25) is 0 Å². The number of quaternary nitrogens is 1. The average Bonchev–Trinajstić information content (AvgIpc) is 3.15. The van der Waals surface area contributed by atoms with Crippen LogP contribution in [0.3, 0.4) is 0 Å². The molecule has 0 saturated carbocycles. The van der Waals surface area contributed by atoms with Gasteiger partial charge in [-0.05, 0) is 64.2 Å². The van der Waals surface area contributed by atoms with Crippen molar-refractivity contribution >= 4 is 0 Å². The molecule has 0 aliphatic heterocycles. The van der Waals surface area contributed by atoms with Gasteiger partial charge in [0.2, 0.25) is 0 Å². The molecule has 0 atom stereocenters. The van der Waals surface area contributed by atoms with E-state index in [4.69, 9.17) is 0 Å². The Kier molecular flexibility index (Phi) is 29.8. The molecule has 0 fully saturated rings. The molecule has 0 N–H and O–H groups in total. The third-order valence-electron chi connectivity index (χ3n) is 11.0. The second-order valence-electron chi connectivity index (χ2n) is 15.9. The molecule has 0 aliphatic rings. The highest BCUT2D eigenvalue weighted by Crippen LogP contribution is 2.24. The van der Waals surface area contributed by atoms with Crippen molar-refractivity contribution in [1.29, 1.82) is 0 Å². The van der Waals surface area contributed by atoms with Crippen LogP contribution in [0.15, 0.2) is 85.0 Å². The fourth-order valence-corrected chi connectivity index (χ4v) is 7.95. The van der Waals surface area contributed by atoms with E-state index < -0.39 is 0 Å². The quantitative estimate of drug-likeness (QED) is 0.0377. The Morgan fingerprint density at radius 2 is 0.608 bits per heavy atom. The first-order chi connectivity index (χ1) is 25.3. The number of unbranched alkanes of at least 4 members (excludes halogenated alkanes) is 24. The molecule has 0 heterocycles. The molecule has 0 aromatic heterocycles. The summed E-state index contributed by atoms with van der Waals surface area (Å²) in [6.45, 7) is 9.41. The zero-order chi connectivity index (χ0) is 36.2. The van der Waals surface area contributed by atoms with Crippen molar-refractivity contribution in [2.24, 2.45) is 0 Å². The zero-order valence-corrected chi connectivity index (χ0v) is 34.2. The molecule has 0 saturated heterocycles. The first kappa shape index (κ1) is 45.0. The number of benzene rings is 2. The second-order valence-corrected chi connectivity index (χ2v) is 15.9. The van der Waals surface area contributed by atoms with Gasteiger partial charge in [0, 0.05) is 11.1 Å². The lowest BCUT2D eigenvalue weighted by molar-refractivity contribution is -0.954. The highest BCUT2D eigenvalue weighted by atomic mass is 15.3. The van der Waals surface area contributed by atoms with Crippen LogP contribution in [-0.2, 0) is 13.1 Å². The Hall–Kier alpha value is -2.12. The van der Waals surface area contributed by atoms with Gasteiger partial charge in [-0.2, -0.15) is 0 Å². The number of rotatable bonds is 36. The summed E-state index contributed by atoms with van der Waals surface area (Å²) in [4.78, 5) is 0. The van der Waals surface area contributed by atoms with Gasteiger partial charge >= 0.3 is 0 Å². The van der Waals surface area contributed by atoms with E-state index in [-0.39, 0.29) is 0 Å². The molecule has 0 radical (unpaired) electrons. The molecule has 0 spiro atoms. The van der Waals surface area contributed by atoms with E-state index in [1.807, 2.05) is 0 Å². The second kappa shape index (κ2) is 33.7. The van der Waals surface area contributed by atoms with Crippen LogP contribution in [-0.4, -0.2) is 17.6 Å². The maximum Gasteiger partial charge on any atom is 0.105 e. The SMILES string of the molecule is CC/C=C/CCCCCCCCCCCCCC[N+](CCCCCCCCCCCCCC/C=C/CC)(Cc1ccccc1)Cc1ccccc1. The predicted molar refractivity (Wildman–Crippen MR) is 229 cm³/mol. The molecular formula is C50H84N+. The molecule has 2 aromatic rings. The van der Waals surface area contributed by atoms with E-state index in [1.54, 1.807) is 0 Å². The summed E-state index contributed by atoms with van der Waals surface area (Å²) in [5.41, 5.74) is 3.02. The minimum atomic E-state index is 1.17. The standard InChI is InChI=1S/C50H84N/c1-3-5-7-9-11-13-15-17-19-21-23-25-27-29-31-39-45-51(47-49-41-35-33-36-42-49,48-50-43-37-34-38-44-50)46-40-32-30-28-26-24-22-20-18-16-14-12-10-8-6-4-2/h5-8,33-38,41-44H,3-4,9-32,39-40,45-48H2,1-2H3/q+1/b7-5+,8-6+. The molecule has 2 rings (SSSR count). The smallest absolute Gasteiger partial charge is 0.105 e.